The third kappa shape index (κ3) is 1.90. The minimum Gasteiger partial charge on any atom is -0.479 e. The van der Waals surface area contributed by atoms with Crippen LogP contribution in [0.2, 0.25) is 0 Å². The first-order valence-corrected chi connectivity index (χ1v) is 2.18. The van der Waals surface area contributed by atoms with Gasteiger partial charge in [0.25, 0.3) is 0 Å². The molecule has 0 unspecified atom stereocenters. The van der Waals surface area contributed by atoms with Gasteiger partial charge in [0.15, 0.2) is 6.10 Å². The molecular weight excluding hydrogens is 110 g/mol. The van der Waals surface area contributed by atoms with Crippen LogP contribution in [0.3, 0.4) is 0 Å². The Morgan fingerprint density at radius 3 is 2.50 bits per heavy atom. The number of carboxylic acids is 1. The van der Waals surface area contributed by atoms with E-state index >= 15 is 0 Å². The summed E-state index contributed by atoms with van der Waals surface area (Å²) in [5, 5.41) is 8.17. The molecule has 0 spiro atoms. The van der Waals surface area contributed by atoms with Gasteiger partial charge < -0.3 is 15.6 Å². The number of rotatable bonds is 3. The summed E-state index contributed by atoms with van der Waals surface area (Å²) in [5.41, 5.74) is 4.98. The first kappa shape index (κ1) is 7.39. The fourth-order valence-corrected chi connectivity index (χ4v) is 0.298. The summed E-state index contributed by atoms with van der Waals surface area (Å²) in [5.74, 6) is -1.02. The number of nitrogens with two attached hydrogens (primary N) is 1. The molecule has 0 fully saturated rings. The predicted molar refractivity (Wildman–Crippen MR) is 27.5 cm³/mol. The standard InChI is InChI=1S/C4H9NO3/c1-8-3(2-5)4(6)7/h3H,2,5H2,1H3,(H,6,7)/t3-/m1/s1. The minimum absolute atomic E-state index is 0.0197. The van der Waals surface area contributed by atoms with Crippen LogP contribution in [0.15, 0.2) is 0 Å². The van der Waals surface area contributed by atoms with Gasteiger partial charge in [0.1, 0.15) is 0 Å². The zero-order chi connectivity index (χ0) is 6.57. The van der Waals surface area contributed by atoms with Crippen molar-refractivity contribution < 1.29 is 14.6 Å². The van der Waals surface area contributed by atoms with Crippen molar-refractivity contribution in [3.63, 3.8) is 0 Å². The van der Waals surface area contributed by atoms with Crippen molar-refractivity contribution in [3.8, 4) is 0 Å². The van der Waals surface area contributed by atoms with Crippen molar-refractivity contribution in [2.24, 2.45) is 5.73 Å². The Balaban J connectivity index is 3.52. The summed E-state index contributed by atoms with van der Waals surface area (Å²) in [6.45, 7) is 0.0197. The topological polar surface area (TPSA) is 72.5 Å². The molecule has 48 valence electrons. The molecule has 1 atom stereocenters. The van der Waals surface area contributed by atoms with E-state index in [1.54, 1.807) is 0 Å². The van der Waals surface area contributed by atoms with Crippen LogP contribution in [-0.4, -0.2) is 30.8 Å². The van der Waals surface area contributed by atoms with E-state index in [9.17, 15) is 4.79 Å². The summed E-state index contributed by atoms with van der Waals surface area (Å²) in [7, 11) is 1.31. The summed E-state index contributed by atoms with van der Waals surface area (Å²) in [6.07, 6.45) is -0.852. The zero-order valence-electron chi connectivity index (χ0n) is 4.63. The number of methoxy groups -OCH3 is 1. The average Bonchev–Trinajstić information content (AvgIpc) is 1.69. The molecule has 4 nitrogen and oxygen atoms in total. The number of carboxylic acid groups (broad SMARTS) is 1. The second-order valence-corrected chi connectivity index (χ2v) is 1.30. The number of hydrogen-bond acceptors (Lipinski definition) is 3. The molecular formula is C4H9NO3. The number of hydrogen-bond donors (Lipinski definition) is 2. The molecule has 0 aliphatic heterocycles. The van der Waals surface area contributed by atoms with E-state index in [0.29, 0.717) is 0 Å². The van der Waals surface area contributed by atoms with Gasteiger partial charge in [0, 0.05) is 13.7 Å². The maximum Gasteiger partial charge on any atom is 0.334 e. The Morgan fingerprint density at radius 1 is 2.00 bits per heavy atom. The molecule has 3 N–H and O–H groups in total. The molecule has 0 aromatic carbocycles. The van der Waals surface area contributed by atoms with Crippen LogP contribution in [0.1, 0.15) is 0 Å². The summed E-state index contributed by atoms with van der Waals surface area (Å²) >= 11 is 0. The smallest absolute Gasteiger partial charge is 0.334 e. The molecule has 8 heavy (non-hydrogen) atoms. The third-order valence-electron chi connectivity index (χ3n) is 0.774. The molecule has 0 saturated heterocycles. The number of aliphatic carboxylic acids is 1. The lowest BCUT2D eigenvalue weighted by molar-refractivity contribution is -0.147. The molecule has 0 aliphatic carbocycles. The quantitative estimate of drug-likeness (QED) is 0.502. The molecule has 0 aromatic rings. The Labute approximate surface area is 47.2 Å². The summed E-state index contributed by atoms with van der Waals surface area (Å²) in [4.78, 5) is 9.96. The molecule has 4 heteroatoms. The van der Waals surface area contributed by atoms with E-state index in [0.717, 1.165) is 0 Å². The minimum atomic E-state index is -1.02. The molecule has 0 bridgehead atoms. The summed E-state index contributed by atoms with van der Waals surface area (Å²) in [6, 6.07) is 0. The van der Waals surface area contributed by atoms with E-state index in [1.807, 2.05) is 0 Å². The fraction of sp³-hybridized carbons (Fsp3) is 0.750. The molecule has 0 aliphatic rings. The van der Waals surface area contributed by atoms with Crippen LogP contribution in [0, 0.1) is 0 Å². The van der Waals surface area contributed by atoms with Crippen molar-refractivity contribution >= 4 is 5.97 Å². The van der Waals surface area contributed by atoms with Crippen LogP contribution in [0.25, 0.3) is 0 Å². The Bertz CT molecular complexity index is 79.4. The van der Waals surface area contributed by atoms with E-state index in [4.69, 9.17) is 10.8 Å². The Kier molecular flexibility index (Phi) is 3.14. The van der Waals surface area contributed by atoms with Crippen molar-refractivity contribution in [2.75, 3.05) is 13.7 Å². The lowest BCUT2D eigenvalue weighted by atomic mass is 10.4. The van der Waals surface area contributed by atoms with Crippen LogP contribution in [-0.2, 0) is 9.53 Å². The average molecular weight is 119 g/mol. The zero-order valence-corrected chi connectivity index (χ0v) is 4.63. The lowest BCUT2D eigenvalue weighted by Gasteiger charge is -2.04. The van der Waals surface area contributed by atoms with Gasteiger partial charge in [-0.2, -0.15) is 0 Å². The van der Waals surface area contributed by atoms with Gasteiger partial charge in [-0.05, 0) is 0 Å². The maximum atomic E-state index is 9.96. The van der Waals surface area contributed by atoms with Crippen molar-refractivity contribution in [3.05, 3.63) is 0 Å². The third-order valence-corrected chi connectivity index (χ3v) is 0.774. The molecule has 0 heterocycles. The molecule has 0 rings (SSSR count). The molecule has 0 radical (unpaired) electrons. The van der Waals surface area contributed by atoms with Crippen molar-refractivity contribution in [2.45, 2.75) is 6.10 Å². The number of ether oxygens (including phenoxy) is 1. The first-order valence-electron chi connectivity index (χ1n) is 2.18. The largest absolute Gasteiger partial charge is 0.479 e. The van der Waals surface area contributed by atoms with Gasteiger partial charge >= 0.3 is 5.97 Å². The van der Waals surface area contributed by atoms with Crippen LogP contribution >= 0.6 is 0 Å². The van der Waals surface area contributed by atoms with Gasteiger partial charge in [-0.3, -0.25) is 0 Å². The molecule has 0 aromatic heterocycles. The van der Waals surface area contributed by atoms with Crippen LogP contribution < -0.4 is 5.73 Å². The fourth-order valence-electron chi connectivity index (χ4n) is 0.298. The second-order valence-electron chi connectivity index (χ2n) is 1.30. The van der Waals surface area contributed by atoms with Crippen LogP contribution in [0.5, 0.6) is 0 Å². The van der Waals surface area contributed by atoms with E-state index in [-0.39, 0.29) is 6.54 Å². The van der Waals surface area contributed by atoms with Crippen molar-refractivity contribution in [1.82, 2.24) is 0 Å². The highest BCUT2D eigenvalue weighted by Gasteiger charge is 2.11. The first-order chi connectivity index (χ1) is 3.72. The van der Waals surface area contributed by atoms with Crippen LogP contribution in [0.4, 0.5) is 0 Å². The monoisotopic (exact) mass is 119 g/mol. The normalized spacial score (nSPS) is 13.2. The van der Waals surface area contributed by atoms with Gasteiger partial charge in [0.2, 0.25) is 0 Å². The molecule has 0 saturated carbocycles. The Morgan fingerprint density at radius 2 is 2.50 bits per heavy atom. The van der Waals surface area contributed by atoms with Gasteiger partial charge in [-0.25, -0.2) is 4.79 Å². The summed E-state index contributed by atoms with van der Waals surface area (Å²) < 4.78 is 4.44. The highest BCUT2D eigenvalue weighted by atomic mass is 16.5. The predicted octanol–water partition coefficient (Wildman–Crippen LogP) is -0.955. The van der Waals surface area contributed by atoms with E-state index in [2.05, 4.69) is 4.74 Å². The second kappa shape index (κ2) is 3.40. The van der Waals surface area contributed by atoms with Gasteiger partial charge in [-0.1, -0.05) is 0 Å². The lowest BCUT2D eigenvalue weighted by Crippen LogP contribution is -2.30. The Hall–Kier alpha value is -0.610. The number of carbonyl (C=O) groups is 1. The van der Waals surface area contributed by atoms with Crippen molar-refractivity contribution in [1.29, 1.82) is 0 Å². The van der Waals surface area contributed by atoms with E-state index in [1.165, 1.54) is 7.11 Å². The SMILES string of the molecule is CO[C@H](CN)C(=O)O. The highest BCUT2D eigenvalue weighted by molar-refractivity contribution is 5.72. The highest BCUT2D eigenvalue weighted by Crippen LogP contribution is 1.83. The van der Waals surface area contributed by atoms with E-state index < -0.39 is 12.1 Å². The van der Waals surface area contributed by atoms with Gasteiger partial charge in [0.05, 0.1) is 0 Å². The maximum absolute atomic E-state index is 9.96. The van der Waals surface area contributed by atoms with Gasteiger partial charge in [-0.15, -0.1) is 0 Å². The molecule has 0 amide bonds.